The average molecular weight is 230 g/mol. The molecular formula is C10H16ClN3O. The molecule has 0 saturated heterocycles. The van der Waals surface area contributed by atoms with Crippen molar-refractivity contribution in [3.8, 4) is 0 Å². The molecule has 0 radical (unpaired) electrons. The monoisotopic (exact) mass is 229 g/mol. The van der Waals surface area contributed by atoms with Crippen molar-refractivity contribution >= 4 is 17.5 Å². The highest BCUT2D eigenvalue weighted by atomic mass is 35.5. The lowest BCUT2D eigenvalue weighted by Crippen LogP contribution is -2.11. The van der Waals surface area contributed by atoms with Gasteiger partial charge in [0.25, 0.3) is 0 Å². The van der Waals surface area contributed by atoms with Crippen molar-refractivity contribution in [2.75, 3.05) is 25.6 Å². The van der Waals surface area contributed by atoms with Crippen LogP contribution in [0, 0.1) is 6.92 Å². The van der Waals surface area contributed by atoms with E-state index < -0.39 is 0 Å². The number of halogens is 1. The van der Waals surface area contributed by atoms with Crippen molar-refractivity contribution in [3.05, 3.63) is 16.4 Å². The van der Waals surface area contributed by atoms with Crippen molar-refractivity contribution in [3.63, 3.8) is 0 Å². The van der Waals surface area contributed by atoms with Gasteiger partial charge in [-0.15, -0.1) is 0 Å². The largest absolute Gasteiger partial charge is 0.383 e. The summed E-state index contributed by atoms with van der Waals surface area (Å²) in [5.74, 6) is 0.562. The highest BCUT2D eigenvalue weighted by molar-refractivity contribution is 6.30. The third-order valence-electron chi connectivity index (χ3n) is 2.11. The summed E-state index contributed by atoms with van der Waals surface area (Å²) >= 11 is 6.03. The van der Waals surface area contributed by atoms with Gasteiger partial charge >= 0.3 is 0 Å². The Balaban J connectivity index is 2.75. The zero-order chi connectivity index (χ0) is 11.3. The molecule has 15 heavy (non-hydrogen) atoms. The quantitative estimate of drug-likeness (QED) is 0.620. The van der Waals surface area contributed by atoms with E-state index in [4.69, 9.17) is 16.3 Å². The van der Waals surface area contributed by atoms with E-state index in [1.165, 1.54) is 0 Å². The maximum Gasteiger partial charge on any atom is 0.224 e. The fraction of sp³-hybridized carbons (Fsp3) is 0.600. The van der Waals surface area contributed by atoms with Gasteiger partial charge in [-0.05, 0) is 13.3 Å². The second kappa shape index (κ2) is 5.88. The molecule has 0 aliphatic rings. The summed E-state index contributed by atoms with van der Waals surface area (Å²) in [6.07, 6.45) is 0.850. The van der Waals surface area contributed by atoms with Gasteiger partial charge in [0.2, 0.25) is 5.95 Å². The number of hydrogen-bond acceptors (Lipinski definition) is 4. The zero-order valence-electron chi connectivity index (χ0n) is 9.30. The van der Waals surface area contributed by atoms with Gasteiger partial charge in [0, 0.05) is 24.9 Å². The molecule has 5 heteroatoms. The number of anilines is 1. The Hall–Kier alpha value is -0.870. The molecule has 1 aromatic heterocycles. The van der Waals surface area contributed by atoms with Crippen LogP contribution in [0.2, 0.25) is 5.15 Å². The molecule has 84 valence electrons. The number of hydrogen-bond donors (Lipinski definition) is 1. The van der Waals surface area contributed by atoms with E-state index in [1.807, 2.05) is 13.8 Å². The molecule has 0 spiro atoms. The number of nitrogens with one attached hydrogen (secondary N) is 1. The molecule has 1 N–H and O–H groups in total. The standard InChI is InChI=1S/C10H16ClN3O/c1-4-8-7(2)13-10(14-9(8)11)12-5-6-15-3/h4-6H2,1-3H3,(H,12,13,14). The van der Waals surface area contributed by atoms with Gasteiger partial charge in [0.15, 0.2) is 0 Å². The summed E-state index contributed by atoms with van der Waals surface area (Å²) in [4.78, 5) is 8.48. The molecule has 0 saturated carbocycles. The molecule has 1 aromatic rings. The molecule has 1 rings (SSSR count). The number of aromatic nitrogens is 2. The summed E-state index contributed by atoms with van der Waals surface area (Å²) in [5, 5.41) is 3.58. The molecule has 0 aliphatic heterocycles. The molecule has 0 unspecified atom stereocenters. The molecule has 0 fully saturated rings. The van der Waals surface area contributed by atoms with Crippen molar-refractivity contribution in [1.29, 1.82) is 0 Å². The van der Waals surface area contributed by atoms with Crippen LogP contribution in [0.1, 0.15) is 18.2 Å². The summed E-state index contributed by atoms with van der Waals surface area (Å²) in [5.41, 5.74) is 1.94. The number of ether oxygens (including phenoxy) is 1. The predicted molar refractivity (Wildman–Crippen MR) is 61.5 cm³/mol. The Kier molecular flexibility index (Phi) is 4.78. The van der Waals surface area contributed by atoms with Crippen LogP contribution in [0.4, 0.5) is 5.95 Å². The van der Waals surface area contributed by atoms with Gasteiger partial charge in [0.1, 0.15) is 5.15 Å². The molecule has 1 heterocycles. The summed E-state index contributed by atoms with van der Waals surface area (Å²) < 4.78 is 4.92. The van der Waals surface area contributed by atoms with Crippen LogP contribution in [0.5, 0.6) is 0 Å². The first-order valence-corrected chi connectivity index (χ1v) is 5.32. The molecule has 0 aromatic carbocycles. The van der Waals surface area contributed by atoms with Gasteiger partial charge in [-0.2, -0.15) is 0 Å². The van der Waals surface area contributed by atoms with Gasteiger partial charge in [-0.3, -0.25) is 0 Å². The minimum atomic E-state index is 0.532. The number of rotatable bonds is 5. The lowest BCUT2D eigenvalue weighted by Gasteiger charge is -2.08. The summed E-state index contributed by atoms with van der Waals surface area (Å²) in [6.45, 7) is 5.27. The van der Waals surface area contributed by atoms with E-state index in [-0.39, 0.29) is 0 Å². The first-order valence-electron chi connectivity index (χ1n) is 4.94. The SMILES string of the molecule is CCc1c(C)nc(NCCOC)nc1Cl. The summed E-state index contributed by atoms with van der Waals surface area (Å²) in [6, 6.07) is 0. The Morgan fingerprint density at radius 1 is 1.40 bits per heavy atom. The maximum absolute atomic E-state index is 6.03. The second-order valence-electron chi connectivity index (χ2n) is 3.18. The maximum atomic E-state index is 6.03. The molecule has 4 nitrogen and oxygen atoms in total. The third-order valence-corrected chi connectivity index (χ3v) is 2.42. The van der Waals surface area contributed by atoms with Crippen molar-refractivity contribution in [2.24, 2.45) is 0 Å². The van der Waals surface area contributed by atoms with Crippen LogP contribution in [-0.4, -0.2) is 30.2 Å². The van der Waals surface area contributed by atoms with Crippen LogP contribution >= 0.6 is 11.6 Å². The Bertz CT molecular complexity index is 307. The summed E-state index contributed by atoms with van der Waals surface area (Å²) in [7, 11) is 1.65. The van der Waals surface area contributed by atoms with E-state index in [1.54, 1.807) is 7.11 Å². The number of aryl methyl sites for hydroxylation is 1. The minimum Gasteiger partial charge on any atom is -0.383 e. The smallest absolute Gasteiger partial charge is 0.224 e. The molecular weight excluding hydrogens is 214 g/mol. The highest BCUT2D eigenvalue weighted by Gasteiger charge is 2.07. The highest BCUT2D eigenvalue weighted by Crippen LogP contribution is 2.18. The van der Waals surface area contributed by atoms with Gasteiger partial charge in [-0.25, -0.2) is 9.97 Å². The average Bonchev–Trinajstić information content (AvgIpc) is 2.18. The normalized spacial score (nSPS) is 10.4. The van der Waals surface area contributed by atoms with E-state index >= 15 is 0 Å². The fourth-order valence-electron chi connectivity index (χ4n) is 1.31. The first-order chi connectivity index (χ1) is 7.19. The van der Waals surface area contributed by atoms with Gasteiger partial charge < -0.3 is 10.1 Å². The molecule has 0 bridgehead atoms. The van der Waals surface area contributed by atoms with E-state index in [2.05, 4.69) is 15.3 Å². The van der Waals surface area contributed by atoms with Crippen LogP contribution in [0.25, 0.3) is 0 Å². The van der Waals surface area contributed by atoms with Crippen LogP contribution in [0.3, 0.4) is 0 Å². The van der Waals surface area contributed by atoms with Gasteiger partial charge in [-0.1, -0.05) is 18.5 Å². The van der Waals surface area contributed by atoms with Crippen LogP contribution in [-0.2, 0) is 11.2 Å². The predicted octanol–water partition coefficient (Wildman–Crippen LogP) is 2.06. The van der Waals surface area contributed by atoms with E-state index in [0.29, 0.717) is 24.3 Å². The number of methoxy groups -OCH3 is 1. The Labute approximate surface area is 95.0 Å². The van der Waals surface area contributed by atoms with E-state index in [9.17, 15) is 0 Å². The molecule has 0 atom stereocenters. The van der Waals surface area contributed by atoms with E-state index in [0.717, 1.165) is 17.7 Å². The van der Waals surface area contributed by atoms with Crippen LogP contribution < -0.4 is 5.32 Å². The third kappa shape index (κ3) is 3.32. The van der Waals surface area contributed by atoms with Crippen molar-refractivity contribution in [1.82, 2.24) is 9.97 Å². The van der Waals surface area contributed by atoms with Gasteiger partial charge in [0.05, 0.1) is 6.61 Å². The molecule has 0 amide bonds. The minimum absolute atomic E-state index is 0.532. The van der Waals surface area contributed by atoms with Crippen LogP contribution in [0.15, 0.2) is 0 Å². The lowest BCUT2D eigenvalue weighted by atomic mass is 10.2. The topological polar surface area (TPSA) is 47.0 Å². The second-order valence-corrected chi connectivity index (χ2v) is 3.53. The molecule has 0 aliphatic carbocycles. The Morgan fingerprint density at radius 3 is 2.67 bits per heavy atom. The zero-order valence-corrected chi connectivity index (χ0v) is 10.1. The first kappa shape index (κ1) is 12.2. The lowest BCUT2D eigenvalue weighted by molar-refractivity contribution is 0.210. The van der Waals surface area contributed by atoms with Crippen molar-refractivity contribution < 1.29 is 4.74 Å². The Morgan fingerprint density at radius 2 is 2.13 bits per heavy atom. The fourth-order valence-corrected chi connectivity index (χ4v) is 1.66. The van der Waals surface area contributed by atoms with Crippen molar-refractivity contribution in [2.45, 2.75) is 20.3 Å². The number of nitrogens with zero attached hydrogens (tertiary/aromatic N) is 2.